The molecule has 0 saturated heterocycles. The lowest BCUT2D eigenvalue weighted by Gasteiger charge is -2.18. The molecule has 22 heavy (non-hydrogen) atoms. The number of para-hydroxylation sites is 1. The third-order valence-corrected chi connectivity index (χ3v) is 3.43. The Morgan fingerprint density at radius 2 is 1.86 bits per heavy atom. The fraction of sp³-hybridized carbons (Fsp3) is 0.176. The summed E-state index contributed by atoms with van der Waals surface area (Å²) < 4.78 is 0. The summed E-state index contributed by atoms with van der Waals surface area (Å²) in [5, 5.41) is 0. The van der Waals surface area contributed by atoms with Gasteiger partial charge in [0.1, 0.15) is 0 Å². The van der Waals surface area contributed by atoms with Crippen molar-refractivity contribution in [1.82, 2.24) is 4.98 Å². The van der Waals surface area contributed by atoms with Gasteiger partial charge in [0.25, 0.3) is 0 Å². The zero-order valence-corrected chi connectivity index (χ0v) is 14.0. The minimum Gasteiger partial charge on any atom is -0.372 e. The molecule has 2 heterocycles. The average Bonchev–Trinajstić information content (AvgIpc) is 2.66. The number of anilines is 1. The fourth-order valence-corrected chi connectivity index (χ4v) is 2.34. The first-order chi connectivity index (χ1) is 9.84. The first-order valence-electron chi connectivity index (χ1n) is 6.78. The Morgan fingerprint density at radius 1 is 1.05 bits per heavy atom. The predicted octanol–water partition coefficient (Wildman–Crippen LogP) is 3.88. The van der Waals surface area contributed by atoms with Gasteiger partial charge in [0.2, 0.25) is 0 Å². The number of benzodiazepines with no additional fused rings is 1. The third-order valence-electron chi connectivity index (χ3n) is 3.43. The van der Waals surface area contributed by atoms with Gasteiger partial charge in [0, 0.05) is 37.2 Å². The molecule has 3 nitrogen and oxygen atoms in total. The number of benzene rings is 1. The Hall–Kier alpha value is -1.84. The van der Waals surface area contributed by atoms with Gasteiger partial charge in [-0.1, -0.05) is 30.3 Å². The monoisotopic (exact) mass is 335 g/mol. The predicted molar refractivity (Wildman–Crippen MR) is 98.9 cm³/mol. The molecule has 1 aromatic heterocycles. The van der Waals surface area contributed by atoms with Crippen molar-refractivity contribution < 1.29 is 0 Å². The number of aliphatic imine (C=N–C) groups is 1. The van der Waals surface area contributed by atoms with Crippen LogP contribution in [-0.4, -0.2) is 30.8 Å². The zero-order valence-electron chi connectivity index (χ0n) is 12.3. The molecular weight excluding hydrogens is 317 g/mol. The van der Waals surface area contributed by atoms with Crippen LogP contribution >= 0.6 is 24.8 Å². The number of aromatic nitrogens is 1. The van der Waals surface area contributed by atoms with Gasteiger partial charge in [0.05, 0.1) is 12.3 Å². The highest BCUT2D eigenvalue weighted by atomic mass is 35.5. The lowest BCUT2D eigenvalue weighted by Crippen LogP contribution is -2.20. The first kappa shape index (κ1) is 18.2. The van der Waals surface area contributed by atoms with E-state index in [4.69, 9.17) is 4.99 Å². The molecule has 1 aliphatic rings. The maximum absolute atomic E-state index is 4.70. The highest BCUT2D eigenvalue weighted by molar-refractivity contribution is 6.14. The van der Waals surface area contributed by atoms with Crippen molar-refractivity contribution in [3.05, 3.63) is 66.0 Å². The second kappa shape index (κ2) is 8.57. The highest BCUT2D eigenvalue weighted by Crippen LogP contribution is 2.22. The number of hydrogen-bond acceptors (Lipinski definition) is 3. The average molecular weight is 336 g/mol. The van der Waals surface area contributed by atoms with E-state index in [9.17, 15) is 0 Å². The van der Waals surface area contributed by atoms with Gasteiger partial charge in [-0.25, -0.2) is 0 Å². The number of nitrogens with zero attached hydrogens (tertiary/aromatic N) is 3. The van der Waals surface area contributed by atoms with Crippen LogP contribution in [0.25, 0.3) is 6.08 Å². The standard InChI is InChI=1S/C17H17N3.2ClH/c1-20-12-11-19-16(15-6-2-3-7-17(15)20)9-8-14-5-4-10-18-13-14;;/h2-10,13H,11-12H2,1H3;2*1H/b9-8+;;. The Balaban J connectivity index is 0.00000121. The molecule has 0 radical (unpaired) electrons. The van der Waals surface area contributed by atoms with E-state index in [1.54, 1.807) is 6.20 Å². The lowest BCUT2D eigenvalue weighted by molar-refractivity contribution is 0.897. The van der Waals surface area contributed by atoms with E-state index < -0.39 is 0 Å². The van der Waals surface area contributed by atoms with E-state index in [-0.39, 0.29) is 24.8 Å². The molecule has 5 heteroatoms. The van der Waals surface area contributed by atoms with Crippen LogP contribution in [0.4, 0.5) is 5.69 Å². The van der Waals surface area contributed by atoms with Crippen LogP contribution in [0.3, 0.4) is 0 Å². The largest absolute Gasteiger partial charge is 0.372 e. The number of rotatable bonds is 2. The number of allylic oxidation sites excluding steroid dienone is 1. The van der Waals surface area contributed by atoms with Crippen molar-refractivity contribution in [2.45, 2.75) is 0 Å². The Labute approximate surface area is 143 Å². The number of likely N-dealkylation sites (N-methyl/N-ethyl adjacent to an activating group) is 1. The molecule has 0 N–H and O–H groups in total. The van der Waals surface area contributed by atoms with E-state index in [1.165, 1.54) is 11.3 Å². The van der Waals surface area contributed by atoms with Gasteiger partial charge >= 0.3 is 0 Å². The molecule has 3 rings (SSSR count). The molecule has 2 aromatic rings. The summed E-state index contributed by atoms with van der Waals surface area (Å²) in [5.41, 5.74) is 4.55. The summed E-state index contributed by atoms with van der Waals surface area (Å²) in [6.45, 7) is 1.76. The maximum Gasteiger partial charge on any atom is 0.0668 e. The van der Waals surface area contributed by atoms with Crippen LogP contribution in [0.15, 0.2) is 59.9 Å². The molecule has 1 aliphatic heterocycles. The Bertz CT molecular complexity index is 654. The smallest absolute Gasteiger partial charge is 0.0668 e. The van der Waals surface area contributed by atoms with Gasteiger partial charge in [-0.2, -0.15) is 0 Å². The van der Waals surface area contributed by atoms with Crippen LogP contribution in [-0.2, 0) is 0 Å². The Morgan fingerprint density at radius 3 is 2.64 bits per heavy atom. The molecule has 0 amide bonds. The van der Waals surface area contributed by atoms with E-state index in [1.807, 2.05) is 18.3 Å². The van der Waals surface area contributed by atoms with Crippen LogP contribution in [0.5, 0.6) is 0 Å². The second-order valence-electron chi connectivity index (χ2n) is 4.83. The normalized spacial score (nSPS) is 13.5. The van der Waals surface area contributed by atoms with Gasteiger partial charge in [-0.15, -0.1) is 24.8 Å². The summed E-state index contributed by atoms with van der Waals surface area (Å²) >= 11 is 0. The summed E-state index contributed by atoms with van der Waals surface area (Å²) in [7, 11) is 2.11. The summed E-state index contributed by atoms with van der Waals surface area (Å²) in [6.07, 6.45) is 7.78. The molecule has 116 valence electrons. The van der Waals surface area contributed by atoms with Crippen molar-refractivity contribution in [1.29, 1.82) is 0 Å². The third kappa shape index (κ3) is 4.09. The number of halogens is 2. The van der Waals surface area contributed by atoms with Crippen molar-refractivity contribution >= 4 is 42.3 Å². The highest BCUT2D eigenvalue weighted by Gasteiger charge is 2.13. The van der Waals surface area contributed by atoms with Crippen LogP contribution in [0, 0.1) is 0 Å². The van der Waals surface area contributed by atoms with E-state index in [2.05, 4.69) is 53.3 Å². The molecule has 0 saturated carbocycles. The molecule has 0 fully saturated rings. The molecule has 0 atom stereocenters. The molecular formula is C17H19Cl2N3. The number of fused-ring (bicyclic) bond motifs is 1. The minimum atomic E-state index is 0. The van der Waals surface area contributed by atoms with Crippen molar-refractivity contribution in [2.75, 3.05) is 25.0 Å². The number of pyridine rings is 1. The summed E-state index contributed by atoms with van der Waals surface area (Å²) in [5.74, 6) is 0. The maximum atomic E-state index is 4.70. The topological polar surface area (TPSA) is 28.5 Å². The minimum absolute atomic E-state index is 0. The van der Waals surface area contributed by atoms with Crippen molar-refractivity contribution in [3.63, 3.8) is 0 Å². The first-order valence-corrected chi connectivity index (χ1v) is 6.78. The quantitative estimate of drug-likeness (QED) is 0.833. The second-order valence-corrected chi connectivity index (χ2v) is 4.83. The molecule has 0 aliphatic carbocycles. The summed E-state index contributed by atoms with van der Waals surface area (Å²) in [4.78, 5) is 11.1. The van der Waals surface area contributed by atoms with E-state index in [0.717, 1.165) is 24.4 Å². The van der Waals surface area contributed by atoms with Gasteiger partial charge in [-0.05, 0) is 23.8 Å². The number of hydrogen-bond donors (Lipinski definition) is 0. The van der Waals surface area contributed by atoms with Gasteiger partial charge < -0.3 is 4.90 Å². The molecule has 0 bridgehead atoms. The van der Waals surface area contributed by atoms with Gasteiger partial charge in [0.15, 0.2) is 0 Å². The molecule has 1 aromatic carbocycles. The van der Waals surface area contributed by atoms with Crippen LogP contribution < -0.4 is 4.90 Å². The summed E-state index contributed by atoms with van der Waals surface area (Å²) in [6, 6.07) is 12.4. The lowest BCUT2D eigenvalue weighted by atomic mass is 10.1. The van der Waals surface area contributed by atoms with E-state index >= 15 is 0 Å². The van der Waals surface area contributed by atoms with Crippen molar-refractivity contribution in [3.8, 4) is 0 Å². The van der Waals surface area contributed by atoms with Crippen LogP contribution in [0.2, 0.25) is 0 Å². The van der Waals surface area contributed by atoms with E-state index in [0.29, 0.717) is 0 Å². The SMILES string of the molecule is CN1CCN=C(/C=C/c2cccnc2)c2ccccc21.Cl.Cl. The van der Waals surface area contributed by atoms with Crippen molar-refractivity contribution in [2.24, 2.45) is 4.99 Å². The zero-order chi connectivity index (χ0) is 13.8. The Kier molecular flexibility index (Phi) is 7.09. The van der Waals surface area contributed by atoms with Crippen LogP contribution in [0.1, 0.15) is 11.1 Å². The fourth-order valence-electron chi connectivity index (χ4n) is 2.34. The molecule has 0 spiro atoms. The molecule has 0 unspecified atom stereocenters. The van der Waals surface area contributed by atoms with Gasteiger partial charge in [-0.3, -0.25) is 9.98 Å².